The summed E-state index contributed by atoms with van der Waals surface area (Å²) < 4.78 is 25.9. The van der Waals surface area contributed by atoms with Crippen LogP contribution in [0.4, 0.5) is 0 Å². The molecule has 0 saturated carbocycles. The van der Waals surface area contributed by atoms with Crippen LogP contribution in [0, 0.1) is 5.92 Å². The van der Waals surface area contributed by atoms with Gasteiger partial charge >= 0.3 is 0 Å². The molecule has 92 valence electrons. The van der Waals surface area contributed by atoms with Crippen LogP contribution >= 0.6 is 0 Å². The number of nitrogens with zero attached hydrogens (tertiary/aromatic N) is 1. The van der Waals surface area contributed by atoms with Gasteiger partial charge in [0.1, 0.15) is 0 Å². The first-order valence-corrected chi connectivity index (χ1v) is 6.56. The highest BCUT2D eigenvalue weighted by molar-refractivity contribution is 7.89. The van der Waals surface area contributed by atoms with E-state index in [1.807, 2.05) is 13.8 Å². The Kier molecular flexibility index (Phi) is 4.45. The number of nitrogens with one attached hydrogen (secondary N) is 2. The molecule has 0 spiro atoms. The standard InChI is InChI=1S/C9H17N3O3S/c1-7(2)5-8(6-13)12-16(14,15)9-3-4-10-11-9/h3-4,7-8,12-13H,5-6H2,1-2H3,(H,10,11). The minimum absolute atomic E-state index is 0.00899. The highest BCUT2D eigenvalue weighted by Gasteiger charge is 2.21. The molecule has 0 radical (unpaired) electrons. The zero-order valence-corrected chi connectivity index (χ0v) is 10.2. The first-order chi connectivity index (χ1) is 7.45. The van der Waals surface area contributed by atoms with Gasteiger partial charge in [-0.25, -0.2) is 13.1 Å². The predicted molar refractivity (Wildman–Crippen MR) is 59.2 cm³/mol. The SMILES string of the molecule is CC(C)CC(CO)NS(=O)(=O)c1ccn[nH]1. The molecule has 1 atom stereocenters. The predicted octanol–water partition coefficient (Wildman–Crippen LogP) is 0.0950. The second kappa shape index (κ2) is 5.42. The van der Waals surface area contributed by atoms with Gasteiger partial charge in [-0.2, -0.15) is 5.10 Å². The van der Waals surface area contributed by atoms with E-state index in [1.165, 1.54) is 12.3 Å². The first kappa shape index (κ1) is 13.1. The average Bonchev–Trinajstić information content (AvgIpc) is 2.68. The molecular formula is C9H17N3O3S. The van der Waals surface area contributed by atoms with Crippen LogP contribution in [0.25, 0.3) is 0 Å². The molecule has 1 aromatic rings. The monoisotopic (exact) mass is 247 g/mol. The van der Waals surface area contributed by atoms with Crippen molar-refractivity contribution in [2.75, 3.05) is 6.61 Å². The lowest BCUT2D eigenvalue weighted by Gasteiger charge is -2.17. The molecule has 3 N–H and O–H groups in total. The summed E-state index contributed by atoms with van der Waals surface area (Å²) in [5.74, 6) is 0.307. The van der Waals surface area contributed by atoms with E-state index in [4.69, 9.17) is 5.11 Å². The molecule has 1 aromatic heterocycles. The van der Waals surface area contributed by atoms with Crippen molar-refractivity contribution in [3.05, 3.63) is 12.3 Å². The summed E-state index contributed by atoms with van der Waals surface area (Å²) in [6.07, 6.45) is 1.95. The van der Waals surface area contributed by atoms with E-state index in [-0.39, 0.29) is 11.6 Å². The van der Waals surface area contributed by atoms with Crippen molar-refractivity contribution in [1.29, 1.82) is 0 Å². The number of hydrogen-bond acceptors (Lipinski definition) is 4. The topological polar surface area (TPSA) is 95.1 Å². The summed E-state index contributed by atoms with van der Waals surface area (Å²) >= 11 is 0. The van der Waals surface area contributed by atoms with Crippen LogP contribution in [-0.4, -0.2) is 36.4 Å². The number of rotatable bonds is 6. The van der Waals surface area contributed by atoms with Crippen molar-refractivity contribution < 1.29 is 13.5 Å². The zero-order valence-electron chi connectivity index (χ0n) is 9.34. The van der Waals surface area contributed by atoms with E-state index >= 15 is 0 Å². The van der Waals surface area contributed by atoms with Gasteiger partial charge in [0.05, 0.1) is 12.8 Å². The molecule has 0 bridgehead atoms. The highest BCUT2D eigenvalue weighted by Crippen LogP contribution is 2.09. The van der Waals surface area contributed by atoms with Gasteiger partial charge in [0.2, 0.25) is 0 Å². The molecule has 16 heavy (non-hydrogen) atoms. The molecular weight excluding hydrogens is 230 g/mol. The molecule has 0 saturated heterocycles. The van der Waals surface area contributed by atoms with Crippen molar-refractivity contribution >= 4 is 10.0 Å². The number of aliphatic hydroxyl groups excluding tert-OH is 1. The quantitative estimate of drug-likeness (QED) is 0.664. The number of aromatic nitrogens is 2. The van der Waals surface area contributed by atoms with Gasteiger partial charge in [0, 0.05) is 6.04 Å². The van der Waals surface area contributed by atoms with Crippen LogP contribution in [0.3, 0.4) is 0 Å². The normalized spacial score (nSPS) is 14.2. The van der Waals surface area contributed by atoms with Gasteiger partial charge in [-0.05, 0) is 18.4 Å². The van der Waals surface area contributed by atoms with Gasteiger partial charge < -0.3 is 5.11 Å². The maximum absolute atomic E-state index is 11.8. The number of hydrogen-bond donors (Lipinski definition) is 3. The summed E-state index contributed by atoms with van der Waals surface area (Å²) in [6.45, 7) is 3.71. The molecule has 1 heterocycles. The molecule has 7 heteroatoms. The van der Waals surface area contributed by atoms with Crippen LogP contribution in [0.5, 0.6) is 0 Å². The second-order valence-corrected chi connectivity index (χ2v) is 5.73. The van der Waals surface area contributed by atoms with Crippen molar-refractivity contribution in [1.82, 2.24) is 14.9 Å². The second-order valence-electron chi connectivity index (χ2n) is 4.05. The number of sulfonamides is 1. The van der Waals surface area contributed by atoms with Gasteiger partial charge in [-0.1, -0.05) is 13.8 Å². The summed E-state index contributed by atoms with van der Waals surface area (Å²) in [6, 6.07) is 0.903. The van der Waals surface area contributed by atoms with E-state index in [0.717, 1.165) is 0 Å². The Morgan fingerprint density at radius 3 is 2.69 bits per heavy atom. The summed E-state index contributed by atoms with van der Waals surface area (Å²) in [5.41, 5.74) is 0. The molecule has 1 rings (SSSR count). The van der Waals surface area contributed by atoms with Crippen LogP contribution < -0.4 is 4.72 Å². The molecule has 0 aliphatic carbocycles. The average molecular weight is 247 g/mol. The Labute approximate surface area is 95.1 Å². The Morgan fingerprint density at radius 1 is 1.56 bits per heavy atom. The van der Waals surface area contributed by atoms with Crippen LogP contribution in [-0.2, 0) is 10.0 Å². The van der Waals surface area contributed by atoms with Crippen molar-refractivity contribution in [3.8, 4) is 0 Å². The van der Waals surface area contributed by atoms with Crippen LogP contribution in [0.2, 0.25) is 0 Å². The van der Waals surface area contributed by atoms with E-state index in [1.54, 1.807) is 0 Å². The van der Waals surface area contributed by atoms with Crippen molar-refractivity contribution in [2.45, 2.75) is 31.3 Å². The summed E-state index contributed by atoms with van der Waals surface area (Å²) in [7, 11) is -3.60. The van der Waals surface area contributed by atoms with Crippen LogP contribution in [0.15, 0.2) is 17.3 Å². The Bertz CT molecular complexity index is 400. The van der Waals surface area contributed by atoms with E-state index in [2.05, 4.69) is 14.9 Å². The fraction of sp³-hybridized carbons (Fsp3) is 0.667. The fourth-order valence-electron chi connectivity index (χ4n) is 1.40. The Morgan fingerprint density at radius 2 is 2.25 bits per heavy atom. The summed E-state index contributed by atoms with van der Waals surface area (Å²) in [5, 5.41) is 15.0. The third-order valence-corrected chi connectivity index (χ3v) is 3.51. The van der Waals surface area contributed by atoms with Gasteiger partial charge in [-0.3, -0.25) is 5.10 Å². The maximum Gasteiger partial charge on any atom is 0.257 e. The van der Waals surface area contributed by atoms with Gasteiger partial charge in [-0.15, -0.1) is 0 Å². The van der Waals surface area contributed by atoms with Crippen molar-refractivity contribution in [3.63, 3.8) is 0 Å². The lowest BCUT2D eigenvalue weighted by Crippen LogP contribution is -2.38. The third-order valence-electron chi connectivity index (χ3n) is 2.06. The molecule has 0 aromatic carbocycles. The fourth-order valence-corrected chi connectivity index (χ4v) is 2.55. The molecule has 6 nitrogen and oxygen atoms in total. The minimum Gasteiger partial charge on any atom is -0.395 e. The molecule has 0 amide bonds. The maximum atomic E-state index is 11.8. The van der Waals surface area contributed by atoms with Crippen LogP contribution in [0.1, 0.15) is 20.3 Å². The smallest absolute Gasteiger partial charge is 0.257 e. The van der Waals surface area contributed by atoms with Gasteiger partial charge in [0.25, 0.3) is 10.0 Å². The zero-order chi connectivity index (χ0) is 12.2. The number of aliphatic hydroxyl groups is 1. The Hall–Kier alpha value is -0.920. The van der Waals surface area contributed by atoms with E-state index in [9.17, 15) is 8.42 Å². The minimum atomic E-state index is -3.60. The first-order valence-electron chi connectivity index (χ1n) is 5.08. The van der Waals surface area contributed by atoms with Crippen molar-refractivity contribution in [2.24, 2.45) is 5.92 Å². The molecule has 0 fully saturated rings. The lowest BCUT2D eigenvalue weighted by molar-refractivity contribution is 0.240. The van der Waals surface area contributed by atoms with Gasteiger partial charge in [0.15, 0.2) is 5.03 Å². The lowest BCUT2D eigenvalue weighted by atomic mass is 10.1. The number of H-pyrrole nitrogens is 1. The third kappa shape index (κ3) is 3.58. The molecule has 0 aliphatic rings. The summed E-state index contributed by atoms with van der Waals surface area (Å²) in [4.78, 5) is 0. The largest absolute Gasteiger partial charge is 0.395 e. The highest BCUT2D eigenvalue weighted by atomic mass is 32.2. The molecule has 1 unspecified atom stereocenters. The Balaban J connectivity index is 2.71. The molecule has 0 aliphatic heterocycles. The number of aromatic amines is 1. The van der Waals surface area contributed by atoms with E-state index < -0.39 is 16.1 Å². The van der Waals surface area contributed by atoms with E-state index in [0.29, 0.717) is 12.3 Å².